The van der Waals surface area contributed by atoms with E-state index in [0.29, 0.717) is 36.1 Å². The molecule has 2 heterocycles. The molecule has 0 radical (unpaired) electrons. The number of anilines is 1. The average Bonchev–Trinajstić information content (AvgIpc) is 3.85. The third-order valence-electron chi connectivity index (χ3n) is 8.67. The highest BCUT2D eigenvalue weighted by molar-refractivity contribution is 7.89. The van der Waals surface area contributed by atoms with Crippen molar-refractivity contribution >= 4 is 43.8 Å². The number of rotatable bonds is 9. The fourth-order valence-corrected chi connectivity index (χ4v) is 7.47. The van der Waals surface area contributed by atoms with Crippen LogP contribution in [-0.2, 0) is 10.0 Å². The van der Waals surface area contributed by atoms with Gasteiger partial charge in [-0.25, -0.2) is 22.9 Å². The van der Waals surface area contributed by atoms with E-state index in [1.54, 1.807) is 6.07 Å². The summed E-state index contributed by atoms with van der Waals surface area (Å²) in [6.45, 7) is 6.40. The van der Waals surface area contributed by atoms with Gasteiger partial charge < -0.3 is 20.9 Å². The summed E-state index contributed by atoms with van der Waals surface area (Å²) in [6, 6.07) is 10.9. The van der Waals surface area contributed by atoms with Crippen molar-refractivity contribution in [3.63, 3.8) is 0 Å². The lowest BCUT2D eigenvalue weighted by Crippen LogP contribution is -2.39. The molecule has 4 atom stereocenters. The smallest absolute Gasteiger partial charge is 0.315 e. The number of H-pyrrole nitrogens is 1. The minimum Gasteiger partial charge on any atom is -0.349 e. The summed E-state index contributed by atoms with van der Waals surface area (Å²) in [5, 5.41) is 11.2. The zero-order valence-electron chi connectivity index (χ0n) is 24.1. The van der Waals surface area contributed by atoms with Crippen LogP contribution >= 0.6 is 0 Å². The number of sulfonamides is 1. The van der Waals surface area contributed by atoms with Crippen LogP contribution in [0.5, 0.6) is 0 Å². The molecular formula is C31H37N7O3S. The molecule has 3 aliphatic carbocycles. The number of aromatic nitrogens is 3. The van der Waals surface area contributed by atoms with Crippen molar-refractivity contribution < 1.29 is 13.2 Å². The summed E-state index contributed by atoms with van der Waals surface area (Å²) in [5.41, 5.74) is 4.41. The average molecular weight is 588 g/mol. The van der Waals surface area contributed by atoms with E-state index in [-0.39, 0.29) is 28.9 Å². The van der Waals surface area contributed by atoms with Crippen LogP contribution in [-0.4, -0.2) is 42.0 Å². The Labute approximate surface area is 245 Å². The van der Waals surface area contributed by atoms with Crippen molar-refractivity contribution in [1.82, 2.24) is 30.3 Å². The standard InChI is InChI=1S/C31H37N7O3S/c1-16(2)14-33-42(40,41)28-12-20-26(38-31(39)37-24-10-17(24)3)13-27(36-30-34-22-6-4-5-7-23(22)35-30)29(20)21-15-32-25(11-19(21)28)18-8-9-18/h4-7,11-12,15-18,24,26-27,33H,8-10,13-14H2,1-3H3,(H2,34,35,36)(H2,37,38,39)/t17?,24?,26-,27-/m0/s1. The Morgan fingerprint density at radius 3 is 2.57 bits per heavy atom. The number of nitrogens with one attached hydrogen (secondary N) is 5. The molecule has 2 aromatic carbocycles. The minimum atomic E-state index is -3.83. The predicted octanol–water partition coefficient (Wildman–Crippen LogP) is 5.23. The van der Waals surface area contributed by atoms with Crippen molar-refractivity contribution in [3.8, 4) is 0 Å². The first-order chi connectivity index (χ1) is 20.2. The number of imidazole rings is 1. The number of pyridine rings is 1. The van der Waals surface area contributed by atoms with E-state index in [9.17, 15) is 13.2 Å². The van der Waals surface area contributed by atoms with Gasteiger partial charge in [-0.3, -0.25) is 4.98 Å². The molecule has 11 heteroatoms. The molecule has 220 valence electrons. The van der Waals surface area contributed by atoms with E-state index in [1.807, 2.05) is 50.4 Å². The first kappa shape index (κ1) is 27.2. The first-order valence-electron chi connectivity index (χ1n) is 14.9. The highest BCUT2D eigenvalue weighted by Crippen LogP contribution is 2.47. The Morgan fingerprint density at radius 2 is 1.86 bits per heavy atom. The molecule has 0 bridgehead atoms. The number of para-hydroxylation sites is 2. The zero-order valence-corrected chi connectivity index (χ0v) is 24.9. The number of nitrogens with zero attached hydrogens (tertiary/aromatic N) is 2. The number of hydrogen-bond acceptors (Lipinski definition) is 6. The van der Waals surface area contributed by atoms with Crippen LogP contribution in [0.3, 0.4) is 0 Å². The maximum Gasteiger partial charge on any atom is 0.315 e. The summed E-state index contributed by atoms with van der Waals surface area (Å²) < 4.78 is 30.4. The van der Waals surface area contributed by atoms with Gasteiger partial charge in [0.05, 0.1) is 28.0 Å². The Bertz CT molecular complexity index is 1760. The quantitative estimate of drug-likeness (QED) is 0.182. The van der Waals surface area contributed by atoms with Crippen molar-refractivity contribution in [1.29, 1.82) is 0 Å². The van der Waals surface area contributed by atoms with E-state index in [1.165, 1.54) is 0 Å². The van der Waals surface area contributed by atoms with Gasteiger partial charge >= 0.3 is 6.03 Å². The number of carbonyl (C=O) groups excluding carboxylic acids is 1. The second-order valence-corrected chi connectivity index (χ2v) is 14.3. The Kier molecular flexibility index (Phi) is 6.62. The third kappa shape index (κ3) is 5.20. The second-order valence-electron chi connectivity index (χ2n) is 12.6. The molecule has 0 saturated heterocycles. The van der Waals surface area contributed by atoms with Gasteiger partial charge in [0, 0.05) is 41.2 Å². The number of amides is 2. The van der Waals surface area contributed by atoms with Crippen LogP contribution in [0.25, 0.3) is 21.8 Å². The van der Waals surface area contributed by atoms with Crippen molar-refractivity contribution in [2.75, 3.05) is 11.9 Å². The van der Waals surface area contributed by atoms with Gasteiger partial charge in [0.2, 0.25) is 16.0 Å². The van der Waals surface area contributed by atoms with Crippen molar-refractivity contribution in [3.05, 3.63) is 59.4 Å². The van der Waals surface area contributed by atoms with Crippen molar-refractivity contribution in [2.45, 2.75) is 75.4 Å². The molecule has 4 aromatic rings. The number of urea groups is 1. The molecule has 2 fully saturated rings. The summed E-state index contributed by atoms with van der Waals surface area (Å²) >= 11 is 0. The molecule has 2 saturated carbocycles. The number of benzene rings is 2. The number of hydrogen-bond donors (Lipinski definition) is 5. The van der Waals surface area contributed by atoms with Crippen LogP contribution in [0.2, 0.25) is 0 Å². The molecule has 2 aromatic heterocycles. The Balaban J connectivity index is 1.34. The minimum absolute atomic E-state index is 0.157. The van der Waals surface area contributed by atoms with Gasteiger partial charge in [-0.2, -0.15) is 0 Å². The molecule has 0 spiro atoms. The molecule has 3 aliphatic rings. The maximum atomic E-state index is 13.8. The van der Waals surface area contributed by atoms with E-state index < -0.39 is 16.1 Å². The lowest BCUT2D eigenvalue weighted by Gasteiger charge is -2.19. The third-order valence-corrected chi connectivity index (χ3v) is 10.1. The SMILES string of the molecule is CC(C)CNS(=O)(=O)c1cc2c(c3cnc(C4CC4)cc13)[C@@H](Nc1nc3ccccc3[nH]1)C[C@@H]2NC(=O)NC1CC1C. The number of aromatic amines is 1. The summed E-state index contributed by atoms with van der Waals surface area (Å²) in [4.78, 5) is 26.1. The van der Waals surface area contributed by atoms with Crippen LogP contribution in [0.1, 0.15) is 81.3 Å². The number of carbonyl (C=O) groups is 1. The predicted molar refractivity (Wildman–Crippen MR) is 163 cm³/mol. The van der Waals surface area contributed by atoms with E-state index >= 15 is 0 Å². The van der Waals surface area contributed by atoms with E-state index in [4.69, 9.17) is 9.97 Å². The molecule has 0 aliphatic heterocycles. The van der Waals surface area contributed by atoms with Crippen LogP contribution < -0.4 is 20.7 Å². The fraction of sp³-hybridized carbons (Fsp3) is 0.452. The van der Waals surface area contributed by atoms with Gasteiger partial charge in [-0.05, 0) is 72.9 Å². The molecule has 42 heavy (non-hydrogen) atoms. The fourth-order valence-electron chi connectivity index (χ4n) is 6.02. The molecule has 7 rings (SSSR count). The van der Waals surface area contributed by atoms with E-state index in [2.05, 4.69) is 32.6 Å². The summed E-state index contributed by atoms with van der Waals surface area (Å²) in [6.07, 6.45) is 5.45. The van der Waals surface area contributed by atoms with Gasteiger partial charge in [-0.15, -0.1) is 0 Å². The van der Waals surface area contributed by atoms with Crippen LogP contribution in [0.15, 0.2) is 47.5 Å². The largest absolute Gasteiger partial charge is 0.349 e. The Morgan fingerprint density at radius 1 is 1.07 bits per heavy atom. The maximum absolute atomic E-state index is 13.8. The van der Waals surface area contributed by atoms with Crippen LogP contribution in [0, 0.1) is 11.8 Å². The molecule has 5 N–H and O–H groups in total. The van der Waals surface area contributed by atoms with Gasteiger partial charge in [0.15, 0.2) is 0 Å². The lowest BCUT2D eigenvalue weighted by atomic mass is 9.98. The van der Waals surface area contributed by atoms with Gasteiger partial charge in [0.25, 0.3) is 0 Å². The first-order valence-corrected chi connectivity index (χ1v) is 16.4. The normalized spacial score (nSPS) is 23.3. The topological polar surface area (TPSA) is 141 Å². The highest BCUT2D eigenvalue weighted by Gasteiger charge is 2.39. The van der Waals surface area contributed by atoms with Crippen molar-refractivity contribution in [2.24, 2.45) is 11.8 Å². The zero-order chi connectivity index (χ0) is 29.2. The summed E-state index contributed by atoms with van der Waals surface area (Å²) in [5.74, 6) is 1.61. The monoisotopic (exact) mass is 587 g/mol. The second kappa shape index (κ2) is 10.2. The molecular weight excluding hydrogens is 550 g/mol. The van der Waals surface area contributed by atoms with E-state index in [0.717, 1.165) is 52.5 Å². The molecule has 10 nitrogen and oxygen atoms in total. The molecule has 2 amide bonds. The highest BCUT2D eigenvalue weighted by atomic mass is 32.2. The van der Waals surface area contributed by atoms with Gasteiger partial charge in [-0.1, -0.05) is 32.9 Å². The summed E-state index contributed by atoms with van der Waals surface area (Å²) in [7, 11) is -3.83. The Hall–Kier alpha value is -3.70. The molecule has 2 unspecified atom stereocenters. The van der Waals surface area contributed by atoms with Gasteiger partial charge in [0.1, 0.15) is 0 Å². The number of fused-ring (bicyclic) bond motifs is 4. The van der Waals surface area contributed by atoms with Crippen LogP contribution in [0.4, 0.5) is 10.7 Å². The lowest BCUT2D eigenvalue weighted by molar-refractivity contribution is 0.236.